The lowest BCUT2D eigenvalue weighted by Crippen LogP contribution is -2.26. The summed E-state index contributed by atoms with van der Waals surface area (Å²) in [5.74, 6) is 1.02. The summed E-state index contributed by atoms with van der Waals surface area (Å²) in [6.45, 7) is 1.07. The third-order valence-corrected chi connectivity index (χ3v) is 3.58. The van der Waals surface area contributed by atoms with Crippen LogP contribution >= 0.6 is 0 Å². The Kier molecular flexibility index (Phi) is 1.91. The molecule has 0 saturated heterocycles. The van der Waals surface area contributed by atoms with Crippen LogP contribution in [0.3, 0.4) is 0 Å². The van der Waals surface area contributed by atoms with E-state index in [0.717, 1.165) is 37.3 Å². The normalized spacial score (nSPS) is 22.5. The van der Waals surface area contributed by atoms with Crippen molar-refractivity contribution in [3.63, 3.8) is 0 Å². The molecule has 2 heterocycles. The van der Waals surface area contributed by atoms with Gasteiger partial charge in [0.25, 0.3) is 0 Å². The summed E-state index contributed by atoms with van der Waals surface area (Å²) in [6, 6.07) is 0. The molecule has 0 radical (unpaired) electrons. The Hall–Kier alpha value is -0.870. The predicted molar refractivity (Wildman–Crippen MR) is 56.2 cm³/mol. The minimum atomic E-state index is -0.181. The van der Waals surface area contributed by atoms with Crippen molar-refractivity contribution >= 4 is 0 Å². The van der Waals surface area contributed by atoms with Gasteiger partial charge in [-0.05, 0) is 32.1 Å². The molecule has 0 amide bonds. The summed E-state index contributed by atoms with van der Waals surface area (Å²) in [5, 5.41) is 9.28. The van der Waals surface area contributed by atoms with E-state index in [1.165, 1.54) is 18.5 Å². The van der Waals surface area contributed by atoms with E-state index in [1.807, 2.05) is 0 Å². The first kappa shape index (κ1) is 9.36. The Morgan fingerprint density at radius 2 is 2.20 bits per heavy atom. The summed E-state index contributed by atoms with van der Waals surface area (Å²) in [7, 11) is 0. The third kappa shape index (κ3) is 1.32. The van der Waals surface area contributed by atoms with Gasteiger partial charge in [-0.3, -0.25) is 0 Å². The molecule has 4 nitrogen and oxygen atoms in total. The van der Waals surface area contributed by atoms with E-state index in [9.17, 15) is 5.11 Å². The van der Waals surface area contributed by atoms with Crippen LogP contribution in [-0.4, -0.2) is 14.7 Å². The van der Waals surface area contributed by atoms with Gasteiger partial charge in [-0.1, -0.05) is 0 Å². The molecule has 0 aromatic carbocycles. The van der Waals surface area contributed by atoms with Crippen LogP contribution in [0.15, 0.2) is 0 Å². The van der Waals surface area contributed by atoms with E-state index < -0.39 is 0 Å². The van der Waals surface area contributed by atoms with Crippen molar-refractivity contribution in [1.82, 2.24) is 9.55 Å². The van der Waals surface area contributed by atoms with Crippen LogP contribution in [0, 0.1) is 0 Å². The zero-order valence-corrected chi connectivity index (χ0v) is 8.87. The second-order valence-electron chi connectivity index (χ2n) is 4.75. The quantitative estimate of drug-likeness (QED) is 0.748. The van der Waals surface area contributed by atoms with Gasteiger partial charge in [0.15, 0.2) is 0 Å². The molecule has 1 aromatic heterocycles. The fourth-order valence-electron chi connectivity index (χ4n) is 2.48. The molecule has 0 atom stereocenters. The van der Waals surface area contributed by atoms with Gasteiger partial charge in [-0.15, -0.1) is 0 Å². The van der Waals surface area contributed by atoms with Crippen LogP contribution in [0.5, 0.6) is 0 Å². The molecule has 2 aliphatic rings. The van der Waals surface area contributed by atoms with Crippen LogP contribution in [0.25, 0.3) is 0 Å². The molecule has 3 rings (SSSR count). The van der Waals surface area contributed by atoms with Crippen LogP contribution in [0.2, 0.25) is 0 Å². The second-order valence-corrected chi connectivity index (χ2v) is 4.75. The summed E-state index contributed by atoms with van der Waals surface area (Å²) >= 11 is 0. The molecular weight excluding hydrogens is 190 g/mol. The number of rotatable bonds is 2. The molecule has 1 fully saturated rings. The number of hydrogen-bond acceptors (Lipinski definition) is 3. The Bertz CT molecular complexity index is 393. The molecule has 1 aromatic rings. The van der Waals surface area contributed by atoms with Crippen molar-refractivity contribution in [3.05, 3.63) is 17.2 Å². The summed E-state index contributed by atoms with van der Waals surface area (Å²) in [6.07, 6.45) is 5.52. The maximum absolute atomic E-state index is 9.28. The molecule has 3 N–H and O–H groups in total. The standard InChI is InChI=1S/C11H17N3O/c12-11(4-5-11)10-13-8(7-15)9-3-1-2-6-14(9)10/h15H,1-7,12H2. The minimum absolute atomic E-state index is 0.0470. The number of nitrogens with two attached hydrogens (primary N) is 1. The predicted octanol–water partition coefficient (Wildman–Crippen LogP) is 0.659. The molecule has 15 heavy (non-hydrogen) atoms. The lowest BCUT2D eigenvalue weighted by molar-refractivity contribution is 0.275. The molecule has 4 heteroatoms. The van der Waals surface area contributed by atoms with E-state index in [-0.39, 0.29) is 12.1 Å². The first-order valence-corrected chi connectivity index (χ1v) is 5.73. The first-order valence-electron chi connectivity index (χ1n) is 5.73. The van der Waals surface area contributed by atoms with Crippen molar-refractivity contribution in [3.8, 4) is 0 Å². The Balaban J connectivity index is 2.10. The number of aliphatic hydroxyl groups excluding tert-OH is 1. The fraction of sp³-hybridized carbons (Fsp3) is 0.727. The maximum atomic E-state index is 9.28. The molecule has 82 valence electrons. The van der Waals surface area contributed by atoms with Gasteiger partial charge in [0, 0.05) is 12.2 Å². The van der Waals surface area contributed by atoms with Crippen molar-refractivity contribution in [1.29, 1.82) is 0 Å². The van der Waals surface area contributed by atoms with Crippen molar-refractivity contribution in [2.45, 2.75) is 50.8 Å². The largest absolute Gasteiger partial charge is 0.390 e. The number of imidazole rings is 1. The minimum Gasteiger partial charge on any atom is -0.390 e. The van der Waals surface area contributed by atoms with Gasteiger partial charge in [-0.25, -0.2) is 4.98 Å². The van der Waals surface area contributed by atoms with E-state index in [2.05, 4.69) is 9.55 Å². The van der Waals surface area contributed by atoms with Crippen LogP contribution in [0.4, 0.5) is 0 Å². The lowest BCUT2D eigenvalue weighted by Gasteiger charge is -2.19. The van der Waals surface area contributed by atoms with Crippen LogP contribution in [-0.2, 0) is 25.1 Å². The Morgan fingerprint density at radius 3 is 2.87 bits per heavy atom. The summed E-state index contributed by atoms with van der Waals surface area (Å²) in [4.78, 5) is 4.53. The molecule has 1 saturated carbocycles. The average molecular weight is 207 g/mol. The van der Waals surface area contributed by atoms with Crippen molar-refractivity contribution in [2.24, 2.45) is 5.73 Å². The van der Waals surface area contributed by atoms with E-state index >= 15 is 0 Å². The van der Waals surface area contributed by atoms with Crippen LogP contribution in [0.1, 0.15) is 42.9 Å². The Morgan fingerprint density at radius 1 is 1.40 bits per heavy atom. The smallest absolute Gasteiger partial charge is 0.129 e. The topological polar surface area (TPSA) is 64.1 Å². The SMILES string of the molecule is NC1(c2nc(CO)c3n2CCCC3)CC1. The number of nitrogens with zero attached hydrogens (tertiary/aromatic N) is 2. The Labute approximate surface area is 89.1 Å². The maximum Gasteiger partial charge on any atom is 0.129 e. The molecule has 1 aliphatic heterocycles. The van der Waals surface area contributed by atoms with Gasteiger partial charge in [-0.2, -0.15) is 0 Å². The number of fused-ring (bicyclic) bond motifs is 1. The fourth-order valence-corrected chi connectivity index (χ4v) is 2.48. The van der Waals surface area contributed by atoms with E-state index in [0.29, 0.717) is 0 Å². The van der Waals surface area contributed by atoms with Gasteiger partial charge in [0.2, 0.25) is 0 Å². The van der Waals surface area contributed by atoms with Gasteiger partial charge < -0.3 is 15.4 Å². The van der Waals surface area contributed by atoms with E-state index in [1.54, 1.807) is 0 Å². The first-order chi connectivity index (χ1) is 7.24. The van der Waals surface area contributed by atoms with Crippen LogP contribution < -0.4 is 5.73 Å². The number of aromatic nitrogens is 2. The number of aliphatic hydroxyl groups is 1. The molecule has 0 unspecified atom stereocenters. The van der Waals surface area contributed by atoms with Gasteiger partial charge in [0.1, 0.15) is 5.82 Å². The molecule has 0 bridgehead atoms. The monoisotopic (exact) mass is 207 g/mol. The van der Waals surface area contributed by atoms with Crippen molar-refractivity contribution in [2.75, 3.05) is 0 Å². The summed E-state index contributed by atoms with van der Waals surface area (Å²) in [5.41, 5.74) is 8.08. The molecule has 1 aliphatic carbocycles. The highest BCUT2D eigenvalue weighted by Gasteiger charge is 2.45. The van der Waals surface area contributed by atoms with Gasteiger partial charge in [0.05, 0.1) is 17.8 Å². The second kappa shape index (κ2) is 3.06. The molecular formula is C11H17N3O. The van der Waals surface area contributed by atoms with E-state index in [4.69, 9.17) is 5.73 Å². The third-order valence-electron chi connectivity index (χ3n) is 3.58. The highest BCUT2D eigenvalue weighted by atomic mass is 16.3. The van der Waals surface area contributed by atoms with Crippen molar-refractivity contribution < 1.29 is 5.11 Å². The highest BCUT2D eigenvalue weighted by molar-refractivity contribution is 5.26. The zero-order valence-electron chi connectivity index (χ0n) is 8.87. The number of hydrogen-bond donors (Lipinski definition) is 2. The highest BCUT2D eigenvalue weighted by Crippen LogP contribution is 2.43. The van der Waals surface area contributed by atoms with Gasteiger partial charge >= 0.3 is 0 Å². The lowest BCUT2D eigenvalue weighted by atomic mass is 10.1. The summed E-state index contributed by atoms with van der Waals surface area (Å²) < 4.78 is 2.25. The average Bonchev–Trinajstić information content (AvgIpc) is 2.90. The molecule has 0 spiro atoms. The zero-order chi connectivity index (χ0) is 10.5.